The van der Waals surface area contributed by atoms with E-state index < -0.39 is 5.91 Å². The number of carbonyl (C=O) groups excluding carboxylic acids is 2. The van der Waals surface area contributed by atoms with Crippen LogP contribution in [0.3, 0.4) is 0 Å². The van der Waals surface area contributed by atoms with Crippen LogP contribution >= 0.6 is 0 Å². The molecule has 2 heterocycles. The first-order chi connectivity index (χ1) is 14.2. The van der Waals surface area contributed by atoms with Gasteiger partial charge in [0.2, 0.25) is 0 Å². The molecule has 6 nitrogen and oxygen atoms in total. The zero-order valence-corrected chi connectivity index (χ0v) is 18.1. The van der Waals surface area contributed by atoms with Crippen LogP contribution in [-0.2, 0) is 16.1 Å². The molecule has 4 rings (SSSR count). The summed E-state index contributed by atoms with van der Waals surface area (Å²) in [6, 6.07) is 11.8. The highest BCUT2D eigenvalue weighted by Crippen LogP contribution is 2.26. The predicted octanol–water partition coefficient (Wildman–Crippen LogP) is 4.51. The maximum atomic E-state index is 12.4. The minimum absolute atomic E-state index is 0.244. The molecule has 1 aliphatic carbocycles. The smallest absolute Gasteiger partial charge is 0.312 e. The van der Waals surface area contributed by atoms with E-state index in [1.54, 1.807) is 9.80 Å². The van der Waals surface area contributed by atoms with Crippen molar-refractivity contribution in [2.24, 2.45) is 0 Å². The quantitative estimate of drug-likeness (QED) is 0.710. The molecule has 158 valence electrons. The average Bonchev–Trinajstić information content (AvgIpc) is 3.48. The number of piperazine rings is 1. The highest BCUT2D eigenvalue weighted by molar-refractivity contribution is 6.35. The largest absolute Gasteiger partial charge is 0.359 e. The van der Waals surface area contributed by atoms with E-state index in [4.69, 9.17) is 4.52 Å². The Morgan fingerprint density at radius 1 is 0.966 bits per heavy atom. The number of rotatable bonds is 4. The Morgan fingerprint density at radius 2 is 1.62 bits per heavy atom. The van der Waals surface area contributed by atoms with Crippen molar-refractivity contribution in [2.45, 2.75) is 66.0 Å². The van der Waals surface area contributed by atoms with E-state index in [1.165, 1.54) is 0 Å². The first-order valence-electron chi connectivity index (χ1n) is 10.8. The zero-order chi connectivity index (χ0) is 21.2. The van der Waals surface area contributed by atoms with E-state index in [9.17, 15) is 9.59 Å². The number of benzene rings is 1. The van der Waals surface area contributed by atoms with Gasteiger partial charge in [-0.05, 0) is 12.8 Å². The third-order valence-corrected chi connectivity index (χ3v) is 5.08. The van der Waals surface area contributed by atoms with Crippen molar-refractivity contribution in [3.05, 3.63) is 42.2 Å². The van der Waals surface area contributed by atoms with Crippen molar-refractivity contribution in [3.8, 4) is 11.3 Å². The zero-order valence-electron chi connectivity index (χ0n) is 18.1. The first-order valence-corrected chi connectivity index (χ1v) is 10.8. The summed E-state index contributed by atoms with van der Waals surface area (Å²) in [5.74, 6) is -0.217. The highest BCUT2D eigenvalue weighted by Gasteiger charge is 2.37. The maximum absolute atomic E-state index is 12.4. The van der Waals surface area contributed by atoms with Crippen molar-refractivity contribution < 1.29 is 14.1 Å². The number of hydrogen-bond acceptors (Lipinski definition) is 4. The van der Waals surface area contributed by atoms with Gasteiger partial charge in [-0.15, -0.1) is 0 Å². The molecule has 1 aromatic carbocycles. The van der Waals surface area contributed by atoms with Crippen LogP contribution in [0.4, 0.5) is 0 Å². The second-order valence-electron chi connectivity index (χ2n) is 6.71. The summed E-state index contributed by atoms with van der Waals surface area (Å²) in [4.78, 5) is 28.2. The van der Waals surface area contributed by atoms with Crippen LogP contribution in [0.2, 0.25) is 0 Å². The third-order valence-electron chi connectivity index (χ3n) is 5.08. The molecule has 1 saturated carbocycles. The van der Waals surface area contributed by atoms with Gasteiger partial charge in [-0.25, -0.2) is 0 Å². The summed E-state index contributed by atoms with van der Waals surface area (Å²) in [5, 5.41) is 4.07. The van der Waals surface area contributed by atoms with Gasteiger partial charge in [0.25, 0.3) is 0 Å². The Balaban J connectivity index is 0.000000707. The van der Waals surface area contributed by atoms with Gasteiger partial charge in [0.15, 0.2) is 5.76 Å². The van der Waals surface area contributed by atoms with E-state index in [0.29, 0.717) is 18.8 Å². The molecular weight excluding hydrogens is 366 g/mol. The van der Waals surface area contributed by atoms with Gasteiger partial charge in [-0.2, -0.15) is 0 Å². The molecular formula is C23H33N3O3. The van der Waals surface area contributed by atoms with Gasteiger partial charge in [0.05, 0.1) is 6.54 Å². The van der Waals surface area contributed by atoms with Crippen LogP contribution < -0.4 is 0 Å². The molecule has 1 aliphatic heterocycles. The summed E-state index contributed by atoms with van der Waals surface area (Å²) in [6.07, 6.45) is 4.32. The first kappa shape index (κ1) is 22.7. The highest BCUT2D eigenvalue weighted by atomic mass is 16.5. The second-order valence-corrected chi connectivity index (χ2v) is 6.71. The van der Waals surface area contributed by atoms with Gasteiger partial charge in [0, 0.05) is 30.8 Å². The predicted molar refractivity (Wildman–Crippen MR) is 114 cm³/mol. The van der Waals surface area contributed by atoms with E-state index in [-0.39, 0.29) is 18.5 Å². The van der Waals surface area contributed by atoms with Crippen LogP contribution in [0, 0.1) is 0 Å². The molecule has 0 atom stereocenters. The molecule has 2 fully saturated rings. The van der Waals surface area contributed by atoms with E-state index in [1.807, 2.05) is 64.1 Å². The molecule has 1 aromatic heterocycles. The normalized spacial score (nSPS) is 16.8. The average molecular weight is 400 g/mol. The van der Waals surface area contributed by atoms with Gasteiger partial charge in [0.1, 0.15) is 5.69 Å². The Bertz CT molecular complexity index is 767. The molecule has 0 N–H and O–H groups in total. The van der Waals surface area contributed by atoms with E-state index >= 15 is 0 Å². The van der Waals surface area contributed by atoms with Gasteiger partial charge in [-0.1, -0.05) is 76.0 Å². The summed E-state index contributed by atoms with van der Waals surface area (Å²) < 4.78 is 5.36. The second kappa shape index (κ2) is 11.4. The molecule has 2 aliphatic rings. The lowest BCUT2D eigenvalue weighted by Gasteiger charge is -2.36. The van der Waals surface area contributed by atoms with Crippen molar-refractivity contribution in [2.75, 3.05) is 13.1 Å². The summed E-state index contributed by atoms with van der Waals surface area (Å²) in [7, 11) is 0. The summed E-state index contributed by atoms with van der Waals surface area (Å²) in [6.45, 7) is 9.43. The van der Waals surface area contributed by atoms with Gasteiger partial charge >= 0.3 is 11.8 Å². The van der Waals surface area contributed by atoms with Crippen LogP contribution in [0.5, 0.6) is 0 Å². The number of nitrogens with zero attached hydrogens (tertiary/aromatic N) is 3. The molecule has 0 unspecified atom stereocenters. The fraction of sp³-hybridized carbons (Fsp3) is 0.522. The minimum Gasteiger partial charge on any atom is -0.359 e. The maximum Gasteiger partial charge on any atom is 0.312 e. The van der Waals surface area contributed by atoms with E-state index in [0.717, 1.165) is 36.9 Å². The molecule has 29 heavy (non-hydrogen) atoms. The van der Waals surface area contributed by atoms with Crippen LogP contribution in [0.15, 0.2) is 40.9 Å². The topological polar surface area (TPSA) is 66.7 Å². The Labute approximate surface area is 173 Å². The monoisotopic (exact) mass is 399 g/mol. The number of aromatic nitrogens is 1. The van der Waals surface area contributed by atoms with Crippen LogP contribution in [0.25, 0.3) is 11.3 Å². The lowest BCUT2D eigenvalue weighted by atomic mass is 10.1. The number of hydrogen-bond donors (Lipinski definition) is 0. The lowest BCUT2D eigenvalue weighted by molar-refractivity contribution is -0.158. The van der Waals surface area contributed by atoms with Crippen molar-refractivity contribution in [3.63, 3.8) is 0 Å². The van der Waals surface area contributed by atoms with Crippen molar-refractivity contribution in [1.82, 2.24) is 15.0 Å². The van der Waals surface area contributed by atoms with Crippen LogP contribution in [-0.4, -0.2) is 45.9 Å². The van der Waals surface area contributed by atoms with Crippen molar-refractivity contribution in [1.29, 1.82) is 0 Å². The lowest BCUT2D eigenvalue weighted by Crippen LogP contribution is -2.56. The fourth-order valence-corrected chi connectivity index (χ4v) is 3.73. The number of carbonyl (C=O) groups is 2. The molecule has 2 amide bonds. The number of amides is 2. The molecule has 0 bridgehead atoms. The SMILES string of the molecule is CC.CC.O=C1C(=O)N(C2CCCC2)CCN1Cc1cc(-c2ccccc2)no1. The minimum atomic E-state index is -0.434. The Hall–Kier alpha value is -2.63. The standard InChI is InChI=1S/C19H21N3O3.2C2H6/c23-18-19(24)22(15-8-4-5-9-15)11-10-21(18)13-16-12-17(20-25-16)14-6-2-1-3-7-14;2*1-2/h1-3,6-7,12,15H,4-5,8-11,13H2;2*1-2H3. The Morgan fingerprint density at radius 3 is 2.28 bits per heavy atom. The third kappa shape index (κ3) is 5.46. The molecule has 0 radical (unpaired) electrons. The fourth-order valence-electron chi connectivity index (χ4n) is 3.73. The molecule has 6 heteroatoms. The summed E-state index contributed by atoms with van der Waals surface area (Å²) in [5.41, 5.74) is 1.70. The van der Waals surface area contributed by atoms with Crippen molar-refractivity contribution >= 4 is 11.8 Å². The molecule has 2 aromatic rings. The van der Waals surface area contributed by atoms with E-state index in [2.05, 4.69) is 5.16 Å². The summed E-state index contributed by atoms with van der Waals surface area (Å²) >= 11 is 0. The molecule has 0 spiro atoms. The van der Waals surface area contributed by atoms with Gasteiger partial charge < -0.3 is 14.3 Å². The van der Waals surface area contributed by atoms with Gasteiger partial charge in [-0.3, -0.25) is 9.59 Å². The molecule has 1 saturated heterocycles. The van der Waals surface area contributed by atoms with Crippen LogP contribution in [0.1, 0.15) is 59.1 Å². The Kier molecular flexibility index (Phi) is 8.90.